The highest BCUT2D eigenvalue weighted by atomic mass is 35.5. The predicted molar refractivity (Wildman–Crippen MR) is 120 cm³/mol. The number of hydrogen-bond acceptors (Lipinski definition) is 4. The number of nitrogens with one attached hydrogen (secondary N) is 2. The van der Waals surface area contributed by atoms with E-state index in [9.17, 15) is 22.8 Å². The summed E-state index contributed by atoms with van der Waals surface area (Å²) in [5.41, 5.74) is -0.882. The van der Waals surface area contributed by atoms with E-state index in [-0.39, 0.29) is 11.4 Å². The molecule has 2 amide bonds. The zero-order valence-electron chi connectivity index (χ0n) is 17.5. The van der Waals surface area contributed by atoms with Crippen molar-refractivity contribution < 1.29 is 27.2 Å². The molecule has 0 aliphatic heterocycles. The Labute approximate surface area is 196 Å². The number of alkyl halides is 3. The summed E-state index contributed by atoms with van der Waals surface area (Å²) < 4.78 is 47.7. The summed E-state index contributed by atoms with van der Waals surface area (Å²) in [6.45, 7) is 1.18. The van der Waals surface area contributed by atoms with Crippen molar-refractivity contribution in [2.45, 2.75) is 13.1 Å². The zero-order valence-corrected chi connectivity index (χ0v) is 18.2. The molecule has 7 nitrogen and oxygen atoms in total. The van der Waals surface area contributed by atoms with Crippen LogP contribution in [0.15, 0.2) is 71.3 Å². The number of anilines is 2. The lowest BCUT2D eigenvalue weighted by Crippen LogP contribution is -2.18. The first-order valence-corrected chi connectivity index (χ1v) is 10.2. The van der Waals surface area contributed by atoms with Gasteiger partial charge in [-0.25, -0.2) is 4.68 Å². The molecule has 0 unspecified atom stereocenters. The van der Waals surface area contributed by atoms with Gasteiger partial charge in [-0.05, 0) is 48.5 Å². The monoisotopic (exact) mass is 488 g/mol. The van der Waals surface area contributed by atoms with Gasteiger partial charge in [0, 0.05) is 23.7 Å². The molecule has 0 fully saturated rings. The number of aromatic nitrogens is 2. The van der Waals surface area contributed by atoms with Crippen molar-refractivity contribution in [2.75, 3.05) is 10.6 Å². The Hall–Kier alpha value is -4.05. The van der Waals surface area contributed by atoms with Crippen LogP contribution in [0.2, 0.25) is 5.02 Å². The maximum atomic E-state index is 13.6. The van der Waals surface area contributed by atoms with E-state index >= 15 is 0 Å². The third kappa shape index (κ3) is 4.96. The molecule has 0 bridgehead atoms. The molecular formula is C23H16ClF3N4O3. The van der Waals surface area contributed by atoms with Crippen molar-refractivity contribution in [3.63, 3.8) is 0 Å². The third-order valence-electron chi connectivity index (χ3n) is 4.66. The molecule has 11 heteroatoms. The maximum Gasteiger partial charge on any atom is 0.418 e. The Morgan fingerprint density at radius 3 is 2.47 bits per heavy atom. The van der Waals surface area contributed by atoms with Crippen LogP contribution in [0.3, 0.4) is 0 Å². The average molecular weight is 489 g/mol. The lowest BCUT2D eigenvalue weighted by atomic mass is 10.1. The van der Waals surface area contributed by atoms with Crippen LogP contribution in [0.1, 0.15) is 23.0 Å². The molecule has 0 atom stereocenters. The molecule has 174 valence electrons. The largest absolute Gasteiger partial charge is 0.463 e. The van der Waals surface area contributed by atoms with Crippen molar-refractivity contribution in [1.82, 2.24) is 9.78 Å². The number of furan rings is 1. The molecular weight excluding hydrogens is 473 g/mol. The molecule has 2 N–H and O–H groups in total. The SMILES string of the molecule is CC(=O)Nc1ccc(NC(=O)c2cc(-c3ccco3)n(-c3cccc(Cl)c3)n2)c(C(F)(F)F)c1. The van der Waals surface area contributed by atoms with Crippen LogP contribution in [0, 0.1) is 0 Å². The summed E-state index contributed by atoms with van der Waals surface area (Å²) in [6, 6.07) is 14.4. The quantitative estimate of drug-likeness (QED) is 0.360. The number of carbonyl (C=O) groups is 2. The first-order chi connectivity index (χ1) is 16.1. The van der Waals surface area contributed by atoms with Gasteiger partial charge in [0.25, 0.3) is 5.91 Å². The fraction of sp³-hybridized carbons (Fsp3) is 0.0870. The number of halogens is 4. The average Bonchev–Trinajstić information content (AvgIpc) is 3.43. The van der Waals surface area contributed by atoms with Gasteiger partial charge in [-0.3, -0.25) is 9.59 Å². The maximum absolute atomic E-state index is 13.6. The number of benzene rings is 2. The summed E-state index contributed by atoms with van der Waals surface area (Å²) in [5.74, 6) is -1.00. The van der Waals surface area contributed by atoms with Crippen molar-refractivity contribution in [2.24, 2.45) is 0 Å². The van der Waals surface area contributed by atoms with Crippen molar-refractivity contribution in [1.29, 1.82) is 0 Å². The molecule has 0 aliphatic carbocycles. The van der Waals surface area contributed by atoms with Gasteiger partial charge in [-0.2, -0.15) is 18.3 Å². The minimum absolute atomic E-state index is 0.0526. The van der Waals surface area contributed by atoms with E-state index in [1.807, 2.05) is 0 Å². The first-order valence-electron chi connectivity index (χ1n) is 9.82. The summed E-state index contributed by atoms with van der Waals surface area (Å²) >= 11 is 6.08. The van der Waals surface area contributed by atoms with E-state index in [0.717, 1.165) is 12.1 Å². The predicted octanol–water partition coefficient (Wildman–Crippen LogP) is 6.02. The van der Waals surface area contributed by atoms with E-state index in [1.54, 1.807) is 36.4 Å². The van der Waals surface area contributed by atoms with Crippen LogP contribution >= 0.6 is 11.6 Å². The smallest absolute Gasteiger partial charge is 0.418 e. The number of rotatable bonds is 5. The van der Waals surface area contributed by atoms with Gasteiger partial charge in [-0.15, -0.1) is 0 Å². The van der Waals surface area contributed by atoms with E-state index in [0.29, 0.717) is 22.2 Å². The van der Waals surface area contributed by atoms with Gasteiger partial charge in [0.1, 0.15) is 5.69 Å². The van der Waals surface area contributed by atoms with Crippen LogP contribution in [0.4, 0.5) is 24.5 Å². The number of carbonyl (C=O) groups excluding carboxylic acids is 2. The van der Waals surface area contributed by atoms with Gasteiger partial charge in [0.15, 0.2) is 11.5 Å². The molecule has 0 saturated carbocycles. The number of nitrogens with zero attached hydrogens (tertiary/aromatic N) is 2. The highest BCUT2D eigenvalue weighted by Crippen LogP contribution is 2.37. The molecule has 2 aromatic carbocycles. The van der Waals surface area contributed by atoms with Crippen molar-refractivity contribution in [3.05, 3.63) is 83.2 Å². The molecule has 0 spiro atoms. The highest BCUT2D eigenvalue weighted by molar-refractivity contribution is 6.30. The normalized spacial score (nSPS) is 11.3. The molecule has 34 heavy (non-hydrogen) atoms. The van der Waals surface area contributed by atoms with Gasteiger partial charge in [-0.1, -0.05) is 17.7 Å². The third-order valence-corrected chi connectivity index (χ3v) is 4.90. The second-order valence-electron chi connectivity index (χ2n) is 7.18. The Morgan fingerprint density at radius 2 is 1.82 bits per heavy atom. The molecule has 0 saturated heterocycles. The van der Waals surface area contributed by atoms with Crippen molar-refractivity contribution >= 4 is 34.8 Å². The lowest BCUT2D eigenvalue weighted by Gasteiger charge is -2.15. The van der Waals surface area contributed by atoms with Crippen LogP contribution in [0.25, 0.3) is 17.1 Å². The van der Waals surface area contributed by atoms with E-state index in [4.69, 9.17) is 16.0 Å². The Balaban J connectivity index is 1.72. The molecule has 0 aliphatic rings. The van der Waals surface area contributed by atoms with Gasteiger partial charge in [0.05, 0.1) is 23.2 Å². The topological polar surface area (TPSA) is 89.2 Å². The van der Waals surface area contributed by atoms with Crippen LogP contribution in [-0.2, 0) is 11.0 Å². The van der Waals surface area contributed by atoms with Gasteiger partial charge >= 0.3 is 6.18 Å². The molecule has 4 aromatic rings. The zero-order chi connectivity index (χ0) is 24.5. The Morgan fingerprint density at radius 1 is 1.03 bits per heavy atom. The molecule has 2 aromatic heterocycles. The fourth-order valence-electron chi connectivity index (χ4n) is 3.25. The summed E-state index contributed by atoms with van der Waals surface area (Å²) in [4.78, 5) is 24.1. The van der Waals surface area contributed by atoms with E-state index < -0.39 is 29.2 Å². The Bertz CT molecular complexity index is 1360. The Kier molecular flexibility index (Phi) is 6.16. The fourth-order valence-corrected chi connectivity index (χ4v) is 3.44. The first kappa shape index (κ1) is 23.1. The van der Waals surface area contributed by atoms with Crippen LogP contribution < -0.4 is 10.6 Å². The highest BCUT2D eigenvalue weighted by Gasteiger charge is 2.34. The van der Waals surface area contributed by atoms with Crippen molar-refractivity contribution in [3.8, 4) is 17.1 Å². The van der Waals surface area contributed by atoms with Crippen LogP contribution in [0.5, 0.6) is 0 Å². The van der Waals surface area contributed by atoms with Gasteiger partial charge < -0.3 is 15.1 Å². The minimum atomic E-state index is -4.78. The van der Waals surface area contributed by atoms with E-state index in [2.05, 4.69) is 15.7 Å². The number of hydrogen-bond donors (Lipinski definition) is 2. The van der Waals surface area contributed by atoms with Gasteiger partial charge in [0.2, 0.25) is 5.91 Å². The molecule has 0 radical (unpaired) electrons. The standard InChI is InChI=1S/C23H16ClF3N4O3/c1-13(32)28-15-7-8-18(17(11-15)23(25,26)27)29-22(33)19-12-20(21-6-3-9-34-21)31(30-19)16-5-2-4-14(24)10-16/h2-12H,1H3,(H,28,32)(H,29,33). The molecule has 4 rings (SSSR count). The summed E-state index contributed by atoms with van der Waals surface area (Å²) in [7, 11) is 0. The lowest BCUT2D eigenvalue weighted by molar-refractivity contribution is -0.137. The van der Waals surface area contributed by atoms with E-state index in [1.165, 1.54) is 30.0 Å². The van der Waals surface area contributed by atoms with Crippen LogP contribution in [-0.4, -0.2) is 21.6 Å². The second kappa shape index (κ2) is 9.06. The number of amides is 2. The summed E-state index contributed by atoms with van der Waals surface area (Å²) in [5, 5.41) is 9.25. The second-order valence-corrected chi connectivity index (χ2v) is 7.61. The minimum Gasteiger partial charge on any atom is -0.463 e. The summed E-state index contributed by atoms with van der Waals surface area (Å²) in [6.07, 6.45) is -3.34. The molecule has 2 heterocycles.